The van der Waals surface area contributed by atoms with Gasteiger partial charge in [-0.1, -0.05) is 0 Å². The van der Waals surface area contributed by atoms with Crippen LogP contribution in [0.3, 0.4) is 0 Å². The van der Waals surface area contributed by atoms with Crippen LogP contribution in [0.2, 0.25) is 0 Å². The molecule has 1 aromatic heterocycles. The maximum absolute atomic E-state index is 10.6. The molecule has 1 aliphatic rings. The molecule has 1 saturated heterocycles. The largest absolute Gasteiger partial charge is 0.507 e. The number of carbonyl (C=O) groups is 1. The van der Waals surface area contributed by atoms with Gasteiger partial charge in [0, 0.05) is 6.20 Å². The molecule has 0 N–H and O–H groups in total. The number of hydrogen-bond acceptors (Lipinski definition) is 5. The zero-order valence-electron chi connectivity index (χ0n) is 9.81. The zero-order chi connectivity index (χ0) is 12.0. The minimum absolute atomic E-state index is 0.358. The number of nitrogens with zero attached hydrogens (tertiary/aromatic N) is 1. The topological polar surface area (TPSA) is 48.4 Å². The standard InChI is InChI=1S/C10H14BNO3S/c1-9(2)10(3,4)15-11(14-9)7-5-12-8(6-13)16-7/h5-6H,1-4H3. The van der Waals surface area contributed by atoms with Gasteiger partial charge in [0.25, 0.3) is 0 Å². The Hall–Kier alpha value is -0.715. The molecule has 1 fully saturated rings. The van der Waals surface area contributed by atoms with Crippen molar-refractivity contribution in [2.45, 2.75) is 38.9 Å². The lowest BCUT2D eigenvalue weighted by molar-refractivity contribution is 0.00578. The van der Waals surface area contributed by atoms with E-state index in [1.807, 2.05) is 27.7 Å². The first-order valence-electron chi connectivity index (χ1n) is 5.12. The Bertz CT molecular complexity index is 400. The molecule has 6 heteroatoms. The van der Waals surface area contributed by atoms with E-state index in [0.29, 0.717) is 5.01 Å². The van der Waals surface area contributed by atoms with Crippen LogP contribution in [-0.4, -0.2) is 29.6 Å². The van der Waals surface area contributed by atoms with Crippen LogP contribution >= 0.6 is 11.3 Å². The first-order valence-corrected chi connectivity index (χ1v) is 5.94. The summed E-state index contributed by atoms with van der Waals surface area (Å²) in [7, 11) is -0.420. The minimum Gasteiger partial charge on any atom is -0.399 e. The number of thiazole rings is 1. The second-order valence-electron chi connectivity index (χ2n) is 4.81. The predicted molar refractivity (Wildman–Crippen MR) is 63.2 cm³/mol. The van der Waals surface area contributed by atoms with Crippen LogP contribution in [-0.2, 0) is 9.31 Å². The van der Waals surface area contributed by atoms with Crippen molar-refractivity contribution in [1.82, 2.24) is 4.98 Å². The number of hydrogen-bond donors (Lipinski definition) is 0. The van der Waals surface area contributed by atoms with E-state index in [2.05, 4.69) is 4.98 Å². The molecule has 1 aromatic rings. The molecule has 4 nitrogen and oxygen atoms in total. The van der Waals surface area contributed by atoms with E-state index >= 15 is 0 Å². The average molecular weight is 239 g/mol. The lowest BCUT2D eigenvalue weighted by Crippen LogP contribution is -2.41. The fourth-order valence-electron chi connectivity index (χ4n) is 1.42. The van der Waals surface area contributed by atoms with E-state index in [9.17, 15) is 4.79 Å². The highest BCUT2D eigenvalue weighted by atomic mass is 32.1. The Labute approximate surface area is 99.1 Å². The highest BCUT2D eigenvalue weighted by Gasteiger charge is 2.52. The summed E-state index contributed by atoms with van der Waals surface area (Å²) < 4.78 is 12.5. The van der Waals surface area contributed by atoms with Crippen molar-refractivity contribution in [3.05, 3.63) is 11.2 Å². The molecule has 0 radical (unpaired) electrons. The second-order valence-corrected chi connectivity index (χ2v) is 5.90. The highest BCUT2D eigenvalue weighted by Crippen LogP contribution is 2.36. The monoisotopic (exact) mass is 239 g/mol. The van der Waals surface area contributed by atoms with E-state index in [0.717, 1.165) is 11.1 Å². The van der Waals surface area contributed by atoms with Crippen molar-refractivity contribution in [2.24, 2.45) is 0 Å². The number of carbonyl (C=O) groups excluding carboxylic acids is 1. The molecule has 0 aliphatic carbocycles. The normalized spacial score (nSPS) is 22.4. The van der Waals surface area contributed by atoms with Crippen LogP contribution in [0.25, 0.3) is 0 Å². The Morgan fingerprint density at radius 1 is 1.31 bits per heavy atom. The number of aldehydes is 1. The van der Waals surface area contributed by atoms with Crippen molar-refractivity contribution in [1.29, 1.82) is 0 Å². The number of aromatic nitrogens is 1. The summed E-state index contributed by atoms with van der Waals surface area (Å²) >= 11 is 1.30. The van der Waals surface area contributed by atoms with Crippen LogP contribution in [0.1, 0.15) is 37.5 Å². The van der Waals surface area contributed by atoms with Crippen LogP contribution < -0.4 is 4.78 Å². The molecule has 16 heavy (non-hydrogen) atoms. The maximum Gasteiger partial charge on any atom is 0.507 e. The van der Waals surface area contributed by atoms with Crippen LogP contribution in [0.5, 0.6) is 0 Å². The quantitative estimate of drug-likeness (QED) is 0.575. The van der Waals surface area contributed by atoms with Crippen molar-refractivity contribution in [3.8, 4) is 0 Å². The van der Waals surface area contributed by atoms with Crippen LogP contribution in [0, 0.1) is 0 Å². The average Bonchev–Trinajstić information content (AvgIpc) is 2.70. The molecule has 0 saturated carbocycles. The van der Waals surface area contributed by atoms with Gasteiger partial charge in [-0.3, -0.25) is 4.79 Å². The summed E-state index contributed by atoms with van der Waals surface area (Å²) in [4.78, 5) is 14.5. The van der Waals surface area contributed by atoms with Crippen molar-refractivity contribution < 1.29 is 14.1 Å². The summed E-state index contributed by atoms with van der Waals surface area (Å²) in [6.07, 6.45) is 2.37. The smallest absolute Gasteiger partial charge is 0.399 e. The Morgan fingerprint density at radius 2 is 1.88 bits per heavy atom. The van der Waals surface area contributed by atoms with Gasteiger partial charge >= 0.3 is 7.12 Å². The van der Waals surface area contributed by atoms with E-state index < -0.39 is 7.12 Å². The van der Waals surface area contributed by atoms with Gasteiger partial charge in [-0.15, -0.1) is 11.3 Å². The fraction of sp³-hybridized carbons (Fsp3) is 0.600. The maximum atomic E-state index is 10.6. The van der Waals surface area contributed by atoms with E-state index in [1.165, 1.54) is 11.3 Å². The van der Waals surface area contributed by atoms with Gasteiger partial charge in [0.15, 0.2) is 11.3 Å². The molecule has 0 unspecified atom stereocenters. The van der Waals surface area contributed by atoms with E-state index in [4.69, 9.17) is 9.31 Å². The highest BCUT2D eigenvalue weighted by molar-refractivity contribution is 7.23. The molecule has 0 bridgehead atoms. The fourth-order valence-corrected chi connectivity index (χ4v) is 2.12. The molecule has 86 valence electrons. The van der Waals surface area contributed by atoms with Crippen molar-refractivity contribution in [3.63, 3.8) is 0 Å². The Morgan fingerprint density at radius 3 is 2.31 bits per heavy atom. The molecule has 2 rings (SSSR count). The predicted octanol–water partition coefficient (Wildman–Crippen LogP) is 1.25. The molecular weight excluding hydrogens is 225 g/mol. The first-order chi connectivity index (χ1) is 7.36. The molecule has 0 atom stereocenters. The first kappa shape index (κ1) is 11.8. The molecular formula is C10H14BNO3S. The lowest BCUT2D eigenvalue weighted by Gasteiger charge is -2.32. The Balaban J connectivity index is 2.23. The lowest BCUT2D eigenvalue weighted by atomic mass is 9.89. The third-order valence-electron chi connectivity index (χ3n) is 3.13. The van der Waals surface area contributed by atoms with Gasteiger partial charge < -0.3 is 9.31 Å². The van der Waals surface area contributed by atoms with Crippen molar-refractivity contribution in [2.75, 3.05) is 0 Å². The van der Waals surface area contributed by atoms with Crippen LogP contribution in [0.4, 0.5) is 0 Å². The number of rotatable bonds is 2. The third kappa shape index (κ3) is 1.81. The van der Waals surface area contributed by atoms with Gasteiger partial charge in [-0.05, 0) is 27.7 Å². The molecule has 1 aliphatic heterocycles. The molecule has 0 aromatic carbocycles. The van der Waals surface area contributed by atoms with E-state index in [1.54, 1.807) is 6.20 Å². The van der Waals surface area contributed by atoms with Gasteiger partial charge in [0.05, 0.1) is 16.0 Å². The van der Waals surface area contributed by atoms with Crippen LogP contribution in [0.15, 0.2) is 6.20 Å². The van der Waals surface area contributed by atoms with Crippen molar-refractivity contribution >= 4 is 29.5 Å². The summed E-state index contributed by atoms with van der Waals surface area (Å²) in [5.74, 6) is 0. The SMILES string of the molecule is CC1(C)OB(c2cnc(C=O)s2)OC1(C)C. The van der Waals surface area contributed by atoms with Gasteiger partial charge in [-0.2, -0.15) is 0 Å². The van der Waals surface area contributed by atoms with Gasteiger partial charge in [0.2, 0.25) is 0 Å². The van der Waals surface area contributed by atoms with E-state index in [-0.39, 0.29) is 11.2 Å². The summed E-state index contributed by atoms with van der Waals surface area (Å²) in [6.45, 7) is 7.98. The third-order valence-corrected chi connectivity index (χ3v) is 4.07. The summed E-state index contributed by atoms with van der Waals surface area (Å²) in [5.41, 5.74) is -0.716. The summed E-state index contributed by atoms with van der Waals surface area (Å²) in [6, 6.07) is 0. The molecule has 2 heterocycles. The summed E-state index contributed by atoms with van der Waals surface area (Å²) in [5, 5.41) is 0.449. The molecule has 0 spiro atoms. The van der Waals surface area contributed by atoms with Gasteiger partial charge in [-0.25, -0.2) is 4.98 Å². The van der Waals surface area contributed by atoms with Gasteiger partial charge in [0.1, 0.15) is 0 Å². The second kappa shape index (κ2) is 3.65. The zero-order valence-corrected chi connectivity index (χ0v) is 10.6. The minimum atomic E-state index is -0.420. The molecule has 0 amide bonds. The Kier molecular flexibility index (Phi) is 2.68.